The third kappa shape index (κ3) is 2.37. The van der Waals surface area contributed by atoms with Gasteiger partial charge in [0.25, 0.3) is 0 Å². The summed E-state index contributed by atoms with van der Waals surface area (Å²) in [5, 5.41) is 11.8. The van der Waals surface area contributed by atoms with Crippen LogP contribution in [0.4, 0.5) is 0 Å². The van der Waals surface area contributed by atoms with Gasteiger partial charge in [-0.25, -0.2) is 0 Å². The first-order valence-corrected chi connectivity index (χ1v) is 7.76. The predicted molar refractivity (Wildman–Crippen MR) is 81.5 cm³/mol. The zero-order valence-electron chi connectivity index (χ0n) is 11.4. The van der Waals surface area contributed by atoms with Gasteiger partial charge in [-0.15, -0.1) is 0 Å². The maximum atomic E-state index is 10.7. The van der Waals surface area contributed by atoms with E-state index in [1.165, 1.54) is 6.42 Å². The van der Waals surface area contributed by atoms with E-state index in [0.29, 0.717) is 0 Å². The van der Waals surface area contributed by atoms with Crippen LogP contribution >= 0.6 is 11.8 Å². The number of hydrogen-bond acceptors (Lipinski definition) is 3. The molecular weight excluding hydrogens is 254 g/mol. The Morgan fingerprint density at radius 2 is 2.16 bits per heavy atom. The standard InChI is InChI=1S/C16H19NOS/c1-11-4-5-12-10-13(6-7-14(12)17-11)15(18)16(2)8-3-9-19-16/h4-7,10,15,18H,3,8-9H2,1-2H3. The van der Waals surface area contributed by atoms with Gasteiger partial charge in [-0.1, -0.05) is 12.1 Å². The van der Waals surface area contributed by atoms with Gasteiger partial charge in [0.15, 0.2) is 0 Å². The van der Waals surface area contributed by atoms with Crippen LogP contribution in [0.15, 0.2) is 30.3 Å². The van der Waals surface area contributed by atoms with Gasteiger partial charge in [-0.05, 0) is 56.2 Å². The lowest BCUT2D eigenvalue weighted by molar-refractivity contribution is 0.135. The zero-order chi connectivity index (χ0) is 13.5. The molecule has 2 aromatic rings. The van der Waals surface area contributed by atoms with Crippen molar-refractivity contribution in [3.63, 3.8) is 0 Å². The molecule has 100 valence electrons. The van der Waals surface area contributed by atoms with Crippen LogP contribution in [-0.4, -0.2) is 20.6 Å². The average molecular weight is 273 g/mol. The van der Waals surface area contributed by atoms with Crippen LogP contribution in [0.3, 0.4) is 0 Å². The van der Waals surface area contributed by atoms with Crippen LogP contribution in [0.1, 0.15) is 37.1 Å². The third-order valence-electron chi connectivity index (χ3n) is 4.00. The van der Waals surface area contributed by atoms with Crippen molar-refractivity contribution in [3.8, 4) is 0 Å². The normalized spacial score (nSPS) is 24.8. The molecule has 2 heterocycles. The Labute approximate surface area is 118 Å². The largest absolute Gasteiger partial charge is 0.387 e. The summed E-state index contributed by atoms with van der Waals surface area (Å²) in [5.41, 5.74) is 3.04. The van der Waals surface area contributed by atoms with E-state index in [4.69, 9.17) is 0 Å². The molecule has 0 aliphatic carbocycles. The summed E-state index contributed by atoms with van der Waals surface area (Å²) >= 11 is 1.89. The molecule has 2 unspecified atom stereocenters. The molecule has 19 heavy (non-hydrogen) atoms. The van der Waals surface area contributed by atoms with E-state index in [1.54, 1.807) is 0 Å². The molecule has 1 aromatic carbocycles. The van der Waals surface area contributed by atoms with Crippen molar-refractivity contribution in [2.24, 2.45) is 0 Å². The number of aliphatic hydroxyl groups excluding tert-OH is 1. The fourth-order valence-corrected chi connectivity index (χ4v) is 4.12. The van der Waals surface area contributed by atoms with Crippen LogP contribution in [-0.2, 0) is 0 Å². The Morgan fingerprint density at radius 3 is 2.89 bits per heavy atom. The van der Waals surface area contributed by atoms with Crippen molar-refractivity contribution in [3.05, 3.63) is 41.6 Å². The number of nitrogens with zero attached hydrogens (tertiary/aromatic N) is 1. The lowest BCUT2D eigenvalue weighted by Gasteiger charge is -2.29. The molecule has 1 saturated heterocycles. The number of aromatic nitrogens is 1. The minimum atomic E-state index is -0.397. The molecule has 0 spiro atoms. The second kappa shape index (κ2) is 4.80. The summed E-state index contributed by atoms with van der Waals surface area (Å²) in [6.07, 6.45) is 1.89. The molecule has 2 atom stereocenters. The molecule has 0 saturated carbocycles. The molecule has 1 fully saturated rings. The van der Waals surface area contributed by atoms with Crippen molar-refractivity contribution >= 4 is 22.7 Å². The summed E-state index contributed by atoms with van der Waals surface area (Å²) in [7, 11) is 0. The van der Waals surface area contributed by atoms with E-state index >= 15 is 0 Å². The van der Waals surface area contributed by atoms with Gasteiger partial charge in [0, 0.05) is 15.8 Å². The molecule has 0 amide bonds. The smallest absolute Gasteiger partial charge is 0.0934 e. The Kier molecular flexibility index (Phi) is 3.27. The summed E-state index contributed by atoms with van der Waals surface area (Å²) < 4.78 is -0.0359. The van der Waals surface area contributed by atoms with Crippen LogP contribution in [0.25, 0.3) is 10.9 Å². The lowest BCUT2D eigenvalue weighted by Crippen LogP contribution is -2.26. The number of hydrogen-bond donors (Lipinski definition) is 1. The quantitative estimate of drug-likeness (QED) is 0.902. The van der Waals surface area contributed by atoms with Crippen molar-refractivity contribution in [1.29, 1.82) is 0 Å². The van der Waals surface area contributed by atoms with Gasteiger partial charge in [-0.2, -0.15) is 11.8 Å². The van der Waals surface area contributed by atoms with Crippen molar-refractivity contribution in [2.45, 2.75) is 37.5 Å². The van der Waals surface area contributed by atoms with Gasteiger partial charge in [0.1, 0.15) is 0 Å². The molecule has 3 heteroatoms. The molecular formula is C16H19NOS. The lowest BCUT2D eigenvalue weighted by atomic mass is 9.92. The summed E-state index contributed by atoms with van der Waals surface area (Å²) in [4.78, 5) is 4.50. The summed E-state index contributed by atoms with van der Waals surface area (Å²) in [6.45, 7) is 4.17. The van der Waals surface area contributed by atoms with E-state index in [1.807, 2.05) is 36.9 Å². The van der Waals surface area contributed by atoms with Crippen molar-refractivity contribution < 1.29 is 5.11 Å². The number of aliphatic hydroxyl groups is 1. The van der Waals surface area contributed by atoms with Gasteiger partial charge >= 0.3 is 0 Å². The second-order valence-corrected chi connectivity index (χ2v) is 7.20. The Morgan fingerprint density at radius 1 is 1.32 bits per heavy atom. The first-order valence-electron chi connectivity index (χ1n) is 6.78. The second-order valence-electron chi connectivity index (χ2n) is 5.57. The molecule has 3 rings (SSSR count). The number of fused-ring (bicyclic) bond motifs is 1. The van der Waals surface area contributed by atoms with Crippen molar-refractivity contribution in [1.82, 2.24) is 4.98 Å². The molecule has 1 aliphatic rings. The van der Waals surface area contributed by atoms with Gasteiger partial charge < -0.3 is 5.11 Å². The highest BCUT2D eigenvalue weighted by Crippen LogP contribution is 2.46. The van der Waals surface area contributed by atoms with Crippen LogP contribution in [0, 0.1) is 6.92 Å². The highest BCUT2D eigenvalue weighted by molar-refractivity contribution is 8.00. The minimum absolute atomic E-state index is 0.0359. The average Bonchev–Trinajstić information content (AvgIpc) is 2.85. The fraction of sp³-hybridized carbons (Fsp3) is 0.438. The Hall–Kier alpha value is -1.06. The molecule has 0 bridgehead atoms. The summed E-state index contributed by atoms with van der Waals surface area (Å²) in [5.74, 6) is 1.15. The van der Waals surface area contributed by atoms with E-state index in [2.05, 4.69) is 24.0 Å². The highest BCUT2D eigenvalue weighted by atomic mass is 32.2. The zero-order valence-corrected chi connectivity index (χ0v) is 12.2. The highest BCUT2D eigenvalue weighted by Gasteiger charge is 2.37. The Balaban J connectivity index is 1.99. The predicted octanol–water partition coefficient (Wildman–Crippen LogP) is 3.86. The Bertz CT molecular complexity index is 605. The number of benzene rings is 1. The minimum Gasteiger partial charge on any atom is -0.387 e. The molecule has 1 aliphatic heterocycles. The maximum absolute atomic E-state index is 10.7. The van der Waals surface area contributed by atoms with Gasteiger partial charge in [-0.3, -0.25) is 4.98 Å². The van der Waals surface area contributed by atoms with Crippen molar-refractivity contribution in [2.75, 3.05) is 5.75 Å². The van der Waals surface area contributed by atoms with E-state index in [-0.39, 0.29) is 4.75 Å². The number of aryl methyl sites for hydroxylation is 1. The molecule has 0 radical (unpaired) electrons. The number of pyridine rings is 1. The topological polar surface area (TPSA) is 33.1 Å². The number of rotatable bonds is 2. The monoisotopic (exact) mass is 273 g/mol. The first kappa shape index (κ1) is 12.9. The van der Waals surface area contributed by atoms with Crippen LogP contribution in [0.5, 0.6) is 0 Å². The van der Waals surface area contributed by atoms with E-state index < -0.39 is 6.10 Å². The van der Waals surface area contributed by atoms with Gasteiger partial charge in [0.05, 0.1) is 11.6 Å². The maximum Gasteiger partial charge on any atom is 0.0934 e. The summed E-state index contributed by atoms with van der Waals surface area (Å²) in [6, 6.07) is 10.2. The van der Waals surface area contributed by atoms with E-state index in [0.717, 1.165) is 34.3 Å². The molecule has 2 nitrogen and oxygen atoms in total. The van der Waals surface area contributed by atoms with E-state index in [9.17, 15) is 5.11 Å². The fourth-order valence-electron chi connectivity index (χ4n) is 2.78. The SMILES string of the molecule is Cc1ccc2cc(C(O)C3(C)CCCS3)ccc2n1. The van der Waals surface area contributed by atoms with Crippen LogP contribution < -0.4 is 0 Å². The van der Waals surface area contributed by atoms with Crippen LogP contribution in [0.2, 0.25) is 0 Å². The van der Waals surface area contributed by atoms with Gasteiger partial charge in [0.2, 0.25) is 0 Å². The number of thioether (sulfide) groups is 1. The first-order chi connectivity index (χ1) is 9.08. The third-order valence-corrected chi connectivity index (χ3v) is 5.58. The molecule has 1 N–H and O–H groups in total. The molecule has 1 aromatic heterocycles.